The Hall–Kier alpha value is -1.87. The van der Waals surface area contributed by atoms with E-state index in [0.717, 1.165) is 5.95 Å². The van der Waals surface area contributed by atoms with E-state index in [4.69, 9.17) is 22.7 Å². The number of anilines is 1. The third-order valence-corrected chi connectivity index (χ3v) is 4.13. The molecule has 0 atom stereocenters. The number of hydrogen-bond donors (Lipinski definition) is 2. The number of aromatic nitrogens is 2. The summed E-state index contributed by atoms with van der Waals surface area (Å²) in [6.45, 7) is 10.3. The summed E-state index contributed by atoms with van der Waals surface area (Å²) in [6, 6.07) is 0. The first kappa shape index (κ1) is 19.5. The van der Waals surface area contributed by atoms with Gasteiger partial charge in [0.25, 0.3) is 0 Å². The molecule has 1 saturated heterocycles. The second kappa shape index (κ2) is 7.57. The van der Waals surface area contributed by atoms with Crippen molar-refractivity contribution in [3.05, 3.63) is 11.4 Å². The number of piperazine rings is 1. The van der Waals surface area contributed by atoms with E-state index < -0.39 is 5.60 Å². The van der Waals surface area contributed by atoms with Gasteiger partial charge in [0, 0.05) is 32.7 Å². The molecule has 9 heteroatoms. The van der Waals surface area contributed by atoms with Gasteiger partial charge >= 0.3 is 6.09 Å². The predicted octanol–water partition coefficient (Wildman–Crippen LogP) is 1.09. The van der Waals surface area contributed by atoms with Crippen molar-refractivity contribution in [2.45, 2.75) is 46.4 Å². The standard InChI is InChI=1S/C16H27N5O3S/c1-5-21-12(13(17)25)11(10-22)18-14(21)19-6-8-20(9-7-19)15(23)24-16(2,3)4/h22H,5-10H2,1-4H3,(H2,17,25). The maximum Gasteiger partial charge on any atom is 0.410 e. The number of thiocarbonyl (C=S) groups is 1. The molecule has 3 N–H and O–H groups in total. The van der Waals surface area contributed by atoms with E-state index in [1.54, 1.807) is 4.90 Å². The molecular weight excluding hydrogens is 342 g/mol. The molecule has 1 aromatic rings. The monoisotopic (exact) mass is 369 g/mol. The Balaban J connectivity index is 2.13. The van der Waals surface area contributed by atoms with Crippen LogP contribution >= 0.6 is 12.2 Å². The van der Waals surface area contributed by atoms with Crippen LogP contribution in [-0.4, -0.2) is 62.4 Å². The maximum atomic E-state index is 12.2. The van der Waals surface area contributed by atoms with Crippen molar-refractivity contribution in [3.8, 4) is 0 Å². The van der Waals surface area contributed by atoms with Gasteiger partial charge in [0.15, 0.2) is 0 Å². The molecule has 0 aliphatic carbocycles. The largest absolute Gasteiger partial charge is 0.444 e. The number of rotatable bonds is 4. The van der Waals surface area contributed by atoms with Crippen LogP contribution in [0.2, 0.25) is 0 Å². The van der Waals surface area contributed by atoms with E-state index in [0.29, 0.717) is 44.1 Å². The van der Waals surface area contributed by atoms with Crippen LogP contribution in [0.5, 0.6) is 0 Å². The van der Waals surface area contributed by atoms with Gasteiger partial charge in [0.2, 0.25) is 5.95 Å². The van der Waals surface area contributed by atoms with Gasteiger partial charge in [0.05, 0.1) is 12.3 Å². The molecule has 0 bridgehead atoms. The van der Waals surface area contributed by atoms with Crippen LogP contribution in [-0.2, 0) is 17.9 Å². The Labute approximate surface area is 153 Å². The van der Waals surface area contributed by atoms with E-state index in [1.807, 2.05) is 32.3 Å². The molecule has 2 rings (SSSR count). The number of hydrogen-bond acceptors (Lipinski definition) is 6. The van der Waals surface area contributed by atoms with Crippen LogP contribution in [0.3, 0.4) is 0 Å². The van der Waals surface area contributed by atoms with E-state index in [9.17, 15) is 9.90 Å². The third-order valence-electron chi connectivity index (χ3n) is 3.93. The Morgan fingerprint density at radius 1 is 1.32 bits per heavy atom. The molecule has 0 saturated carbocycles. The molecule has 140 valence electrons. The number of carbonyl (C=O) groups excluding carboxylic acids is 1. The number of carbonyl (C=O) groups is 1. The quantitative estimate of drug-likeness (QED) is 0.767. The maximum absolute atomic E-state index is 12.2. The summed E-state index contributed by atoms with van der Waals surface area (Å²) in [5.74, 6) is 0.721. The molecular formula is C16H27N5O3S. The average Bonchev–Trinajstić information content (AvgIpc) is 2.92. The zero-order chi connectivity index (χ0) is 18.8. The molecule has 0 unspecified atom stereocenters. The van der Waals surface area contributed by atoms with Gasteiger partial charge in [-0.15, -0.1) is 0 Å². The number of aliphatic hydroxyl groups is 1. The zero-order valence-electron chi connectivity index (χ0n) is 15.3. The van der Waals surface area contributed by atoms with Crippen LogP contribution in [0.1, 0.15) is 39.1 Å². The van der Waals surface area contributed by atoms with Gasteiger partial charge in [-0.3, -0.25) is 0 Å². The SMILES string of the molecule is CCn1c(N2CCN(C(=O)OC(C)(C)C)CC2)nc(CO)c1C(N)=S. The Morgan fingerprint density at radius 2 is 1.92 bits per heavy atom. The zero-order valence-corrected chi connectivity index (χ0v) is 16.1. The fourth-order valence-electron chi connectivity index (χ4n) is 2.83. The Bertz CT molecular complexity index is 645. The first-order valence-corrected chi connectivity index (χ1v) is 8.81. The van der Waals surface area contributed by atoms with Gasteiger partial charge in [-0.05, 0) is 27.7 Å². The molecule has 1 amide bonds. The number of ether oxygens (including phenoxy) is 1. The van der Waals surface area contributed by atoms with Crippen LogP contribution in [0.4, 0.5) is 10.7 Å². The van der Waals surface area contributed by atoms with Crippen molar-refractivity contribution in [2.24, 2.45) is 5.73 Å². The van der Waals surface area contributed by atoms with E-state index in [1.165, 1.54) is 0 Å². The first-order valence-electron chi connectivity index (χ1n) is 8.40. The summed E-state index contributed by atoms with van der Waals surface area (Å²) >= 11 is 5.11. The fraction of sp³-hybridized carbons (Fsp3) is 0.688. The fourth-order valence-corrected chi connectivity index (χ4v) is 3.06. The highest BCUT2D eigenvalue weighted by Crippen LogP contribution is 2.22. The predicted molar refractivity (Wildman–Crippen MR) is 99.7 cm³/mol. The van der Waals surface area contributed by atoms with Gasteiger partial charge < -0.3 is 29.9 Å². The summed E-state index contributed by atoms with van der Waals surface area (Å²) in [6.07, 6.45) is -0.300. The van der Waals surface area contributed by atoms with Gasteiger partial charge in [-0.1, -0.05) is 12.2 Å². The molecule has 2 heterocycles. The Morgan fingerprint density at radius 3 is 2.36 bits per heavy atom. The minimum Gasteiger partial charge on any atom is -0.444 e. The summed E-state index contributed by atoms with van der Waals surface area (Å²) in [5, 5.41) is 9.54. The number of aliphatic hydroxyl groups excluding tert-OH is 1. The molecule has 25 heavy (non-hydrogen) atoms. The summed E-state index contributed by atoms with van der Waals surface area (Å²) in [5.41, 5.74) is 6.38. The summed E-state index contributed by atoms with van der Waals surface area (Å²) in [7, 11) is 0. The third kappa shape index (κ3) is 4.40. The molecule has 1 fully saturated rings. The minimum atomic E-state index is -0.506. The van der Waals surface area contributed by atoms with Crippen molar-refractivity contribution in [1.82, 2.24) is 14.5 Å². The van der Waals surface area contributed by atoms with Crippen molar-refractivity contribution in [1.29, 1.82) is 0 Å². The highest BCUT2D eigenvalue weighted by molar-refractivity contribution is 7.80. The lowest BCUT2D eigenvalue weighted by Crippen LogP contribution is -2.50. The molecule has 1 aliphatic rings. The van der Waals surface area contributed by atoms with Crippen molar-refractivity contribution < 1.29 is 14.6 Å². The van der Waals surface area contributed by atoms with Gasteiger partial charge in [-0.25, -0.2) is 9.78 Å². The van der Waals surface area contributed by atoms with E-state index in [2.05, 4.69) is 9.88 Å². The summed E-state index contributed by atoms with van der Waals surface area (Å²) in [4.78, 5) is 20.7. The van der Waals surface area contributed by atoms with E-state index >= 15 is 0 Å². The summed E-state index contributed by atoms with van der Waals surface area (Å²) < 4.78 is 7.33. The smallest absolute Gasteiger partial charge is 0.410 e. The van der Waals surface area contributed by atoms with Gasteiger partial charge in [0.1, 0.15) is 16.3 Å². The molecule has 8 nitrogen and oxygen atoms in total. The van der Waals surface area contributed by atoms with Crippen LogP contribution in [0, 0.1) is 0 Å². The second-order valence-corrected chi connectivity index (χ2v) is 7.37. The van der Waals surface area contributed by atoms with Crippen molar-refractivity contribution >= 4 is 29.2 Å². The van der Waals surface area contributed by atoms with Crippen LogP contribution in [0.25, 0.3) is 0 Å². The lowest BCUT2D eigenvalue weighted by molar-refractivity contribution is 0.0240. The second-order valence-electron chi connectivity index (χ2n) is 6.93. The lowest BCUT2D eigenvalue weighted by Gasteiger charge is -2.36. The topological polar surface area (TPSA) is 96.8 Å². The number of imidazole rings is 1. The molecule has 0 spiro atoms. The molecule has 0 radical (unpaired) electrons. The average molecular weight is 369 g/mol. The minimum absolute atomic E-state index is 0.218. The van der Waals surface area contributed by atoms with Crippen LogP contribution < -0.4 is 10.6 Å². The van der Waals surface area contributed by atoms with Crippen LogP contribution in [0.15, 0.2) is 0 Å². The molecule has 1 aromatic heterocycles. The number of nitrogens with zero attached hydrogens (tertiary/aromatic N) is 4. The highest BCUT2D eigenvalue weighted by atomic mass is 32.1. The van der Waals surface area contributed by atoms with Crippen molar-refractivity contribution in [2.75, 3.05) is 31.1 Å². The Kier molecular flexibility index (Phi) is 5.89. The molecule has 1 aliphatic heterocycles. The van der Waals surface area contributed by atoms with Crippen molar-refractivity contribution in [3.63, 3.8) is 0 Å². The normalized spacial score (nSPS) is 15.4. The highest BCUT2D eigenvalue weighted by Gasteiger charge is 2.29. The number of nitrogens with two attached hydrogens (primary N) is 1. The molecule has 0 aromatic carbocycles. The first-order chi connectivity index (χ1) is 11.7. The lowest BCUT2D eigenvalue weighted by atomic mass is 10.2. The number of amides is 1. The van der Waals surface area contributed by atoms with E-state index in [-0.39, 0.29) is 17.7 Å². The van der Waals surface area contributed by atoms with Gasteiger partial charge in [-0.2, -0.15) is 0 Å².